The van der Waals surface area contributed by atoms with E-state index in [2.05, 4.69) is 5.32 Å². The van der Waals surface area contributed by atoms with Gasteiger partial charge in [0.2, 0.25) is 0 Å². The van der Waals surface area contributed by atoms with Crippen LogP contribution in [0.2, 0.25) is 0 Å². The number of hydrogen-bond acceptors (Lipinski definition) is 4. The zero-order valence-corrected chi connectivity index (χ0v) is 8.53. The molecule has 0 spiro atoms. The Kier molecular flexibility index (Phi) is 2.87. The van der Waals surface area contributed by atoms with Gasteiger partial charge in [0.05, 0.1) is 7.11 Å². The normalized spacial score (nSPS) is 19.7. The summed E-state index contributed by atoms with van der Waals surface area (Å²) in [6.45, 7) is 1.19. The fourth-order valence-electron chi connectivity index (χ4n) is 1.65. The molecule has 1 aromatic carbocycles. The van der Waals surface area contributed by atoms with Crippen LogP contribution in [0.5, 0.6) is 5.75 Å². The maximum absolute atomic E-state index is 11.5. The molecule has 1 aliphatic rings. The van der Waals surface area contributed by atoms with Crippen LogP contribution in [0.3, 0.4) is 0 Å². The number of carbonyl (C=O) groups is 1. The minimum atomic E-state index is -0.423. The Morgan fingerprint density at radius 3 is 3.13 bits per heavy atom. The molecule has 1 N–H and O–H groups in total. The predicted octanol–water partition coefficient (Wildman–Crippen LogP) is 0.883. The predicted molar refractivity (Wildman–Crippen MR) is 54.7 cm³/mol. The molecular formula is C11H13NO3. The topological polar surface area (TPSA) is 47.6 Å². The van der Waals surface area contributed by atoms with Crippen molar-refractivity contribution in [1.82, 2.24) is 5.32 Å². The van der Waals surface area contributed by atoms with Gasteiger partial charge in [-0.1, -0.05) is 18.2 Å². The molecular weight excluding hydrogens is 194 g/mol. The van der Waals surface area contributed by atoms with E-state index in [4.69, 9.17) is 9.47 Å². The Bertz CT molecular complexity index is 365. The van der Waals surface area contributed by atoms with Crippen molar-refractivity contribution in [3.05, 3.63) is 29.8 Å². The smallest absolute Gasteiger partial charge is 0.327 e. The van der Waals surface area contributed by atoms with Crippen molar-refractivity contribution in [2.45, 2.75) is 6.04 Å². The highest BCUT2D eigenvalue weighted by molar-refractivity contribution is 5.78. The van der Waals surface area contributed by atoms with Crippen molar-refractivity contribution in [3.63, 3.8) is 0 Å². The van der Waals surface area contributed by atoms with Crippen molar-refractivity contribution >= 4 is 5.97 Å². The molecule has 0 aliphatic carbocycles. The van der Waals surface area contributed by atoms with Crippen LogP contribution < -0.4 is 10.1 Å². The average molecular weight is 207 g/mol. The Hall–Kier alpha value is -1.55. The highest BCUT2D eigenvalue weighted by Crippen LogP contribution is 2.27. The number of rotatable bonds is 1. The lowest BCUT2D eigenvalue weighted by atomic mass is 10.1. The molecule has 0 saturated heterocycles. The zero-order valence-electron chi connectivity index (χ0n) is 8.53. The monoisotopic (exact) mass is 207 g/mol. The minimum Gasteiger partial charge on any atom is -0.492 e. The molecule has 1 aliphatic heterocycles. The molecule has 1 atom stereocenters. The molecule has 0 radical (unpaired) electrons. The molecule has 1 aromatic rings. The quantitative estimate of drug-likeness (QED) is 0.694. The van der Waals surface area contributed by atoms with Crippen LogP contribution in [-0.4, -0.2) is 26.2 Å². The molecule has 0 fully saturated rings. The molecule has 0 aromatic heterocycles. The van der Waals surface area contributed by atoms with Crippen molar-refractivity contribution in [2.75, 3.05) is 20.3 Å². The van der Waals surface area contributed by atoms with Crippen LogP contribution in [0.15, 0.2) is 24.3 Å². The largest absolute Gasteiger partial charge is 0.492 e. The SMILES string of the molecule is COC(=O)[C@@H]1NCCOc2ccccc21. The summed E-state index contributed by atoms with van der Waals surface area (Å²) in [5.74, 6) is 0.464. The molecule has 80 valence electrons. The van der Waals surface area contributed by atoms with Gasteiger partial charge >= 0.3 is 5.97 Å². The summed E-state index contributed by atoms with van der Waals surface area (Å²) in [4.78, 5) is 11.5. The van der Waals surface area contributed by atoms with Crippen LogP contribution in [0.4, 0.5) is 0 Å². The van der Waals surface area contributed by atoms with Gasteiger partial charge < -0.3 is 9.47 Å². The van der Waals surface area contributed by atoms with Crippen LogP contribution in [0, 0.1) is 0 Å². The van der Waals surface area contributed by atoms with Crippen LogP contribution in [0.25, 0.3) is 0 Å². The van der Waals surface area contributed by atoms with Gasteiger partial charge in [0.15, 0.2) is 0 Å². The lowest BCUT2D eigenvalue weighted by Crippen LogP contribution is -2.30. The van der Waals surface area contributed by atoms with Crippen LogP contribution in [0.1, 0.15) is 11.6 Å². The van der Waals surface area contributed by atoms with Crippen molar-refractivity contribution in [1.29, 1.82) is 0 Å². The Balaban J connectivity index is 2.37. The van der Waals surface area contributed by atoms with Gasteiger partial charge in [-0.15, -0.1) is 0 Å². The molecule has 0 amide bonds. The van der Waals surface area contributed by atoms with Gasteiger partial charge in [0.1, 0.15) is 18.4 Å². The molecule has 0 unspecified atom stereocenters. The number of hydrogen-bond donors (Lipinski definition) is 1. The zero-order chi connectivity index (χ0) is 10.7. The van der Waals surface area contributed by atoms with Gasteiger partial charge in [-0.05, 0) is 6.07 Å². The number of carbonyl (C=O) groups excluding carboxylic acids is 1. The number of methoxy groups -OCH3 is 1. The van der Waals surface area contributed by atoms with Crippen molar-refractivity contribution in [3.8, 4) is 5.75 Å². The van der Waals surface area contributed by atoms with E-state index in [0.717, 1.165) is 11.3 Å². The number of para-hydroxylation sites is 1. The Morgan fingerprint density at radius 2 is 2.33 bits per heavy atom. The van der Waals surface area contributed by atoms with Crippen LogP contribution >= 0.6 is 0 Å². The van der Waals surface area contributed by atoms with E-state index in [-0.39, 0.29) is 5.97 Å². The first-order valence-corrected chi connectivity index (χ1v) is 4.86. The fourth-order valence-corrected chi connectivity index (χ4v) is 1.65. The fraction of sp³-hybridized carbons (Fsp3) is 0.364. The second kappa shape index (κ2) is 4.31. The molecule has 0 saturated carbocycles. The number of fused-ring (bicyclic) bond motifs is 1. The van der Waals surface area contributed by atoms with Gasteiger partial charge in [0, 0.05) is 12.1 Å². The Labute approximate surface area is 88.2 Å². The second-order valence-corrected chi connectivity index (χ2v) is 3.30. The maximum Gasteiger partial charge on any atom is 0.327 e. The molecule has 4 heteroatoms. The first-order chi connectivity index (χ1) is 7.33. The standard InChI is InChI=1S/C11H13NO3/c1-14-11(13)10-8-4-2-3-5-9(8)15-7-6-12-10/h2-5,10,12H,6-7H2,1H3/t10-/m1/s1. The summed E-state index contributed by atoms with van der Waals surface area (Å²) >= 11 is 0. The van der Waals surface area contributed by atoms with E-state index in [1.165, 1.54) is 7.11 Å². The minimum absolute atomic E-state index is 0.284. The van der Waals surface area contributed by atoms with E-state index in [1.54, 1.807) is 0 Å². The second-order valence-electron chi connectivity index (χ2n) is 3.30. The van der Waals surface area contributed by atoms with Gasteiger partial charge in [0.25, 0.3) is 0 Å². The lowest BCUT2D eigenvalue weighted by Gasteiger charge is -2.14. The molecule has 2 rings (SSSR count). The van der Waals surface area contributed by atoms with Gasteiger partial charge in [-0.3, -0.25) is 5.32 Å². The maximum atomic E-state index is 11.5. The van der Waals surface area contributed by atoms with E-state index in [1.807, 2.05) is 24.3 Å². The molecule has 1 heterocycles. The number of benzene rings is 1. The van der Waals surface area contributed by atoms with Crippen molar-refractivity contribution < 1.29 is 14.3 Å². The van der Waals surface area contributed by atoms with Gasteiger partial charge in [-0.25, -0.2) is 4.79 Å². The summed E-state index contributed by atoms with van der Waals surface area (Å²) in [7, 11) is 1.39. The summed E-state index contributed by atoms with van der Waals surface area (Å²) in [5, 5.41) is 3.09. The first kappa shape index (κ1) is 9.98. The number of nitrogens with one attached hydrogen (secondary N) is 1. The summed E-state index contributed by atoms with van der Waals surface area (Å²) in [6.07, 6.45) is 0. The number of ether oxygens (including phenoxy) is 2. The van der Waals surface area contributed by atoms with Crippen LogP contribution in [-0.2, 0) is 9.53 Å². The first-order valence-electron chi connectivity index (χ1n) is 4.86. The summed E-state index contributed by atoms with van der Waals surface area (Å²) < 4.78 is 10.2. The highest BCUT2D eigenvalue weighted by Gasteiger charge is 2.25. The van der Waals surface area contributed by atoms with E-state index in [0.29, 0.717) is 13.2 Å². The van der Waals surface area contributed by atoms with E-state index in [9.17, 15) is 4.79 Å². The Morgan fingerprint density at radius 1 is 1.53 bits per heavy atom. The number of esters is 1. The third-order valence-corrected chi connectivity index (χ3v) is 2.37. The third kappa shape index (κ3) is 1.94. The average Bonchev–Trinajstić information content (AvgIpc) is 2.50. The van der Waals surface area contributed by atoms with E-state index >= 15 is 0 Å². The lowest BCUT2D eigenvalue weighted by molar-refractivity contribution is -0.143. The molecule has 15 heavy (non-hydrogen) atoms. The summed E-state index contributed by atoms with van der Waals surface area (Å²) in [5.41, 5.74) is 0.835. The highest BCUT2D eigenvalue weighted by atomic mass is 16.5. The van der Waals surface area contributed by atoms with E-state index < -0.39 is 6.04 Å². The van der Waals surface area contributed by atoms with Gasteiger partial charge in [-0.2, -0.15) is 0 Å². The molecule has 0 bridgehead atoms. The van der Waals surface area contributed by atoms with Crippen molar-refractivity contribution in [2.24, 2.45) is 0 Å². The molecule has 4 nitrogen and oxygen atoms in total. The summed E-state index contributed by atoms with van der Waals surface area (Å²) in [6, 6.07) is 7.07. The third-order valence-electron chi connectivity index (χ3n) is 2.37.